The van der Waals surface area contributed by atoms with Crippen LogP contribution in [0.5, 0.6) is 0 Å². The monoisotopic (exact) mass is 833 g/mol. The van der Waals surface area contributed by atoms with Gasteiger partial charge in [-0.05, 0) is 60.1 Å². The molecule has 4 aromatic rings. The number of rotatable bonds is 24. The predicted molar refractivity (Wildman–Crippen MR) is 227 cm³/mol. The third-order valence-corrected chi connectivity index (χ3v) is 9.37. The molecular formula is C44H53Cl2N5O7. The fraction of sp³-hybridized carbons (Fsp3) is 0.364. The first-order chi connectivity index (χ1) is 28.4. The van der Waals surface area contributed by atoms with Crippen LogP contribution >= 0.6 is 23.2 Å². The van der Waals surface area contributed by atoms with E-state index in [-0.39, 0.29) is 51.8 Å². The first kappa shape index (κ1) is 45.2. The van der Waals surface area contributed by atoms with E-state index in [0.29, 0.717) is 50.7 Å². The Morgan fingerprint density at radius 2 is 1.02 bits per heavy atom. The molecule has 0 fully saturated rings. The summed E-state index contributed by atoms with van der Waals surface area (Å²) in [6.07, 6.45) is -0.441. The van der Waals surface area contributed by atoms with Crippen LogP contribution in [0.15, 0.2) is 115 Å². The number of ether oxygens (including phenoxy) is 3. The number of nitrogens with zero attached hydrogens (tertiary/aromatic N) is 2. The lowest BCUT2D eigenvalue weighted by atomic mass is 10.1. The van der Waals surface area contributed by atoms with E-state index in [1.807, 2.05) is 115 Å². The number of amides is 4. The highest BCUT2D eigenvalue weighted by molar-refractivity contribution is 6.18. The Morgan fingerprint density at radius 1 is 0.534 bits per heavy atom. The van der Waals surface area contributed by atoms with E-state index in [2.05, 4.69) is 20.9 Å². The maximum absolute atomic E-state index is 14.0. The molecule has 0 aliphatic carbocycles. The van der Waals surface area contributed by atoms with Crippen molar-refractivity contribution in [2.75, 3.05) is 55.9 Å². The van der Waals surface area contributed by atoms with Crippen molar-refractivity contribution in [2.24, 2.45) is 0 Å². The molecule has 0 aromatic heterocycles. The Bertz CT molecular complexity index is 1780. The third-order valence-electron chi connectivity index (χ3n) is 9.04. The number of alkyl carbamates (subject to hydrolysis) is 2. The van der Waals surface area contributed by atoms with Crippen molar-refractivity contribution in [2.45, 2.75) is 51.5 Å². The predicted octanol–water partition coefficient (Wildman–Crippen LogP) is 7.66. The van der Waals surface area contributed by atoms with Crippen molar-refractivity contribution < 1.29 is 33.4 Å². The average molecular weight is 835 g/mol. The van der Waals surface area contributed by atoms with Crippen molar-refractivity contribution >= 4 is 53.1 Å². The van der Waals surface area contributed by atoms with Crippen LogP contribution in [0, 0.1) is 0 Å². The molecule has 1 unspecified atom stereocenters. The molecule has 4 rings (SSSR count). The highest BCUT2D eigenvalue weighted by Crippen LogP contribution is 2.17. The number of nitrogens with one attached hydrogen (secondary N) is 3. The van der Waals surface area contributed by atoms with Gasteiger partial charge < -0.3 is 35.1 Å². The zero-order valence-electron chi connectivity index (χ0n) is 32.7. The van der Waals surface area contributed by atoms with Gasteiger partial charge in [-0.25, -0.2) is 14.4 Å². The average Bonchev–Trinajstić information content (AvgIpc) is 3.25. The van der Waals surface area contributed by atoms with E-state index in [1.54, 1.807) is 0 Å². The van der Waals surface area contributed by atoms with Gasteiger partial charge in [-0.3, -0.25) is 9.69 Å². The molecule has 310 valence electrons. The minimum atomic E-state index is -0.947. The first-order valence-electron chi connectivity index (χ1n) is 19.5. The number of carbonyl (C=O) groups is 4. The molecule has 0 heterocycles. The van der Waals surface area contributed by atoms with Crippen LogP contribution in [-0.4, -0.2) is 86.2 Å². The molecule has 0 radical (unpaired) electrons. The molecule has 14 heteroatoms. The van der Waals surface area contributed by atoms with E-state index in [4.69, 9.17) is 37.4 Å². The van der Waals surface area contributed by atoms with E-state index in [1.165, 1.54) is 4.90 Å². The molecule has 4 amide bonds. The fourth-order valence-corrected chi connectivity index (χ4v) is 6.38. The standard InChI is InChI=1S/C44H53Cl2N5O7/c45-24-30-50(31-25-46)39-21-19-35(20-22-39)23-28-47-41(52)40(18-10-26-48-42(53)56-32-36-12-4-1-5-13-36)51(44(55)58-34-38-16-8-3-9-17-38)29-11-27-49-43(54)57-33-37-14-6-2-7-15-37/h1-9,12-17,19-22,40H,10-11,18,23-34H2,(H,47,52)(H,48,53)(H,49,54). The second-order valence-corrected chi connectivity index (χ2v) is 14.1. The number of benzene rings is 4. The van der Waals surface area contributed by atoms with Gasteiger partial charge in [0.05, 0.1) is 0 Å². The van der Waals surface area contributed by atoms with Crippen LogP contribution < -0.4 is 20.9 Å². The molecule has 0 spiro atoms. The van der Waals surface area contributed by atoms with Crippen LogP contribution in [0.4, 0.5) is 20.1 Å². The maximum atomic E-state index is 14.0. The number of carbonyl (C=O) groups excluding carboxylic acids is 4. The first-order valence-corrected chi connectivity index (χ1v) is 20.5. The maximum Gasteiger partial charge on any atom is 0.410 e. The summed E-state index contributed by atoms with van der Waals surface area (Å²) in [5, 5.41) is 8.47. The summed E-state index contributed by atoms with van der Waals surface area (Å²) < 4.78 is 16.4. The topological polar surface area (TPSA) is 139 Å². The van der Waals surface area contributed by atoms with E-state index in [9.17, 15) is 19.2 Å². The van der Waals surface area contributed by atoms with Gasteiger partial charge in [0.25, 0.3) is 0 Å². The van der Waals surface area contributed by atoms with Gasteiger partial charge in [0.2, 0.25) is 5.91 Å². The molecule has 3 N–H and O–H groups in total. The van der Waals surface area contributed by atoms with E-state index >= 15 is 0 Å². The molecule has 0 bridgehead atoms. The zero-order valence-corrected chi connectivity index (χ0v) is 34.2. The Balaban J connectivity index is 1.40. The van der Waals surface area contributed by atoms with Crippen LogP contribution in [0.25, 0.3) is 0 Å². The molecular weight excluding hydrogens is 781 g/mol. The van der Waals surface area contributed by atoms with Gasteiger partial charge in [-0.15, -0.1) is 23.2 Å². The molecule has 4 aromatic carbocycles. The summed E-state index contributed by atoms with van der Waals surface area (Å²) in [5.74, 6) is 0.592. The number of alkyl halides is 2. The van der Waals surface area contributed by atoms with Gasteiger partial charge >= 0.3 is 18.3 Å². The van der Waals surface area contributed by atoms with Crippen molar-refractivity contribution in [3.63, 3.8) is 0 Å². The van der Waals surface area contributed by atoms with Crippen LogP contribution in [0.3, 0.4) is 0 Å². The van der Waals surface area contributed by atoms with Crippen molar-refractivity contribution in [1.82, 2.24) is 20.9 Å². The van der Waals surface area contributed by atoms with Crippen molar-refractivity contribution in [1.29, 1.82) is 0 Å². The van der Waals surface area contributed by atoms with Gasteiger partial charge in [0.15, 0.2) is 0 Å². The van der Waals surface area contributed by atoms with Gasteiger partial charge in [-0.1, -0.05) is 103 Å². The zero-order chi connectivity index (χ0) is 41.2. The summed E-state index contributed by atoms with van der Waals surface area (Å²) in [5.41, 5.74) is 4.52. The van der Waals surface area contributed by atoms with E-state index in [0.717, 1.165) is 27.9 Å². The largest absolute Gasteiger partial charge is 0.445 e. The van der Waals surface area contributed by atoms with Gasteiger partial charge in [-0.2, -0.15) is 0 Å². The third kappa shape index (κ3) is 17.0. The minimum Gasteiger partial charge on any atom is -0.445 e. The van der Waals surface area contributed by atoms with Crippen molar-refractivity contribution in [3.8, 4) is 0 Å². The highest BCUT2D eigenvalue weighted by Gasteiger charge is 2.30. The summed E-state index contributed by atoms with van der Waals surface area (Å²) in [6.45, 7) is 2.39. The normalized spacial score (nSPS) is 11.1. The highest BCUT2D eigenvalue weighted by atomic mass is 35.5. The lowest BCUT2D eigenvalue weighted by molar-refractivity contribution is -0.126. The summed E-state index contributed by atoms with van der Waals surface area (Å²) in [4.78, 5) is 56.2. The lowest BCUT2D eigenvalue weighted by Gasteiger charge is -2.30. The molecule has 0 aliphatic rings. The number of halogens is 2. The Morgan fingerprint density at radius 3 is 1.52 bits per heavy atom. The molecule has 1 atom stereocenters. The number of hydrogen-bond acceptors (Lipinski definition) is 8. The molecule has 0 saturated carbocycles. The van der Waals surface area contributed by atoms with Crippen LogP contribution in [0.1, 0.15) is 41.5 Å². The molecule has 58 heavy (non-hydrogen) atoms. The van der Waals surface area contributed by atoms with Gasteiger partial charge in [0.1, 0.15) is 25.9 Å². The Hall–Kier alpha value is -5.46. The quantitative estimate of drug-likeness (QED) is 0.0372. The van der Waals surface area contributed by atoms with Gasteiger partial charge in [0, 0.05) is 56.7 Å². The number of hydrogen-bond donors (Lipinski definition) is 3. The smallest absolute Gasteiger partial charge is 0.410 e. The summed E-state index contributed by atoms with van der Waals surface area (Å²) >= 11 is 12.0. The second-order valence-electron chi connectivity index (χ2n) is 13.3. The molecule has 12 nitrogen and oxygen atoms in total. The Kier molecular flexibility index (Phi) is 20.6. The summed E-state index contributed by atoms with van der Waals surface area (Å²) in [6, 6.07) is 35.0. The number of anilines is 1. The van der Waals surface area contributed by atoms with Crippen LogP contribution in [-0.2, 0) is 45.2 Å². The second kappa shape index (κ2) is 26.5. The van der Waals surface area contributed by atoms with Crippen LogP contribution in [0.2, 0.25) is 0 Å². The SMILES string of the molecule is O=C(NCCCC(C(=O)NCCc1ccc(N(CCCl)CCCl)cc1)N(CCCNC(=O)OCc1ccccc1)C(=O)OCc1ccccc1)OCc1ccccc1. The Labute approximate surface area is 351 Å². The van der Waals surface area contributed by atoms with E-state index < -0.39 is 24.3 Å². The summed E-state index contributed by atoms with van der Waals surface area (Å²) in [7, 11) is 0. The molecule has 0 saturated heterocycles. The lowest BCUT2D eigenvalue weighted by Crippen LogP contribution is -2.51. The van der Waals surface area contributed by atoms with Crippen molar-refractivity contribution in [3.05, 3.63) is 138 Å². The fourth-order valence-electron chi connectivity index (χ4n) is 5.97. The molecule has 0 aliphatic heterocycles. The minimum absolute atomic E-state index is 0.00654.